The van der Waals surface area contributed by atoms with Crippen molar-refractivity contribution in [2.24, 2.45) is 5.92 Å². The average Bonchev–Trinajstić information content (AvgIpc) is 3.05. The minimum absolute atomic E-state index is 0.0761. The van der Waals surface area contributed by atoms with Crippen LogP contribution in [0.3, 0.4) is 0 Å². The number of amides is 1. The van der Waals surface area contributed by atoms with Crippen molar-refractivity contribution in [1.29, 1.82) is 0 Å². The van der Waals surface area contributed by atoms with Crippen LogP contribution in [0, 0.1) is 18.7 Å². The summed E-state index contributed by atoms with van der Waals surface area (Å²) in [5.74, 6) is -5.24. The second-order valence-electron chi connectivity index (χ2n) is 13.7. The molecule has 4 aromatic rings. The number of rotatable bonds is 9. The molecule has 1 saturated carbocycles. The Labute approximate surface area is 288 Å². The molecule has 1 aliphatic heterocycles. The fourth-order valence-electron chi connectivity index (χ4n) is 6.05. The van der Waals surface area contributed by atoms with Crippen LogP contribution in [0.4, 0.5) is 29.6 Å². The molecule has 15 heteroatoms. The number of hydrogen-bond donors (Lipinski definition) is 2. The highest BCUT2D eigenvalue weighted by Gasteiger charge is 2.50. The smallest absolute Gasteiger partial charge is 0.410 e. The fraction of sp³-hybridized carbons (Fsp3) is 0.429. The molecule has 2 aromatic heterocycles. The zero-order valence-electron chi connectivity index (χ0n) is 28.2. The average molecular weight is 713 g/mol. The Morgan fingerprint density at radius 2 is 1.84 bits per heavy atom. The maximum atomic E-state index is 15.1. The van der Waals surface area contributed by atoms with E-state index < -0.39 is 39.0 Å². The topological polar surface area (TPSA) is 136 Å². The predicted octanol–water partition coefficient (Wildman–Crippen LogP) is 7.53. The normalized spacial score (nSPS) is 19.1. The third-order valence-electron chi connectivity index (χ3n) is 8.71. The number of hydrogen-bond acceptors (Lipinski definition) is 9. The third-order valence-corrected chi connectivity index (χ3v) is 10.1. The second-order valence-corrected chi connectivity index (χ2v) is 15.5. The number of nitrogens with zero attached hydrogens (tertiary/aromatic N) is 4. The Morgan fingerprint density at radius 3 is 2.56 bits per heavy atom. The number of piperidine rings is 1. The van der Waals surface area contributed by atoms with Crippen molar-refractivity contribution < 1.29 is 35.9 Å². The molecule has 2 N–H and O–H groups in total. The van der Waals surface area contributed by atoms with Crippen LogP contribution >= 0.6 is 0 Å². The first-order valence-electron chi connectivity index (χ1n) is 16.4. The molecule has 2 aromatic carbocycles. The van der Waals surface area contributed by atoms with E-state index in [0.29, 0.717) is 47.0 Å². The van der Waals surface area contributed by atoms with Crippen LogP contribution in [0.25, 0.3) is 22.0 Å². The van der Waals surface area contributed by atoms with Crippen LogP contribution in [0.15, 0.2) is 54.9 Å². The number of carbonyl (C=O) groups excluding carboxylic acids is 1. The highest BCUT2D eigenvalue weighted by molar-refractivity contribution is 7.92. The first-order chi connectivity index (χ1) is 23.6. The molecule has 1 saturated heterocycles. The first kappa shape index (κ1) is 35.2. The van der Waals surface area contributed by atoms with Gasteiger partial charge in [0.15, 0.2) is 0 Å². The summed E-state index contributed by atoms with van der Waals surface area (Å²) in [5.41, 5.74) is 0.723. The molecule has 266 valence electrons. The number of halogens is 3. The maximum absolute atomic E-state index is 15.1. The lowest BCUT2D eigenvalue weighted by Gasteiger charge is -2.35. The van der Waals surface area contributed by atoms with Gasteiger partial charge < -0.3 is 19.7 Å². The molecule has 2 aliphatic rings. The Hall–Kier alpha value is -4.66. The Bertz CT molecular complexity index is 2020. The van der Waals surface area contributed by atoms with Gasteiger partial charge in [0.25, 0.3) is 5.92 Å². The molecule has 11 nitrogen and oxygen atoms in total. The maximum Gasteiger partial charge on any atom is 0.410 e. The van der Waals surface area contributed by atoms with Crippen molar-refractivity contribution in [3.63, 3.8) is 0 Å². The van der Waals surface area contributed by atoms with E-state index in [1.165, 1.54) is 6.07 Å². The summed E-state index contributed by atoms with van der Waals surface area (Å²) in [6.45, 7) is 8.28. The molecule has 1 aliphatic carbocycles. The van der Waals surface area contributed by atoms with E-state index in [1.807, 2.05) is 20.8 Å². The number of likely N-dealkylation sites (tertiary alicyclic amines) is 1. The summed E-state index contributed by atoms with van der Waals surface area (Å²) in [6.07, 6.45) is 4.07. The number of benzene rings is 2. The van der Waals surface area contributed by atoms with Crippen LogP contribution in [0.1, 0.15) is 52.0 Å². The first-order valence-corrected chi connectivity index (χ1v) is 18.0. The van der Waals surface area contributed by atoms with Gasteiger partial charge in [-0.2, -0.15) is 0 Å². The van der Waals surface area contributed by atoms with E-state index in [1.54, 1.807) is 54.5 Å². The predicted molar refractivity (Wildman–Crippen MR) is 184 cm³/mol. The van der Waals surface area contributed by atoms with E-state index in [0.717, 1.165) is 18.9 Å². The molecular formula is C35H39F3N6O5S. The summed E-state index contributed by atoms with van der Waals surface area (Å²) in [7, 11) is -4.30. The van der Waals surface area contributed by atoms with Gasteiger partial charge in [-0.25, -0.2) is 41.3 Å². The van der Waals surface area contributed by atoms with Gasteiger partial charge in [-0.1, -0.05) is 12.1 Å². The monoisotopic (exact) mass is 712 g/mol. The molecule has 1 amide bonds. The molecule has 2 fully saturated rings. The molecule has 0 bridgehead atoms. The van der Waals surface area contributed by atoms with Gasteiger partial charge in [-0.05, 0) is 82.9 Å². The van der Waals surface area contributed by atoms with Crippen LogP contribution < -0.4 is 14.8 Å². The van der Waals surface area contributed by atoms with Gasteiger partial charge in [0, 0.05) is 54.6 Å². The van der Waals surface area contributed by atoms with Gasteiger partial charge in [0.1, 0.15) is 17.2 Å². The van der Waals surface area contributed by atoms with E-state index >= 15 is 4.39 Å². The molecule has 3 heterocycles. The lowest BCUT2D eigenvalue weighted by Crippen LogP contribution is -2.47. The van der Waals surface area contributed by atoms with Gasteiger partial charge >= 0.3 is 6.09 Å². The van der Waals surface area contributed by atoms with Crippen molar-refractivity contribution >= 4 is 38.5 Å². The molecule has 0 unspecified atom stereocenters. The summed E-state index contributed by atoms with van der Waals surface area (Å²) < 4.78 is 82.8. The third kappa shape index (κ3) is 7.87. The van der Waals surface area contributed by atoms with E-state index in [4.69, 9.17) is 14.5 Å². The van der Waals surface area contributed by atoms with Crippen molar-refractivity contribution in [1.82, 2.24) is 19.9 Å². The molecule has 50 heavy (non-hydrogen) atoms. The minimum Gasteiger partial charge on any atom is -0.444 e. The summed E-state index contributed by atoms with van der Waals surface area (Å²) >= 11 is 0. The number of alkyl halides is 2. The summed E-state index contributed by atoms with van der Waals surface area (Å²) in [4.78, 5) is 27.9. The Balaban J connectivity index is 1.25. The van der Waals surface area contributed by atoms with Gasteiger partial charge in [0.2, 0.25) is 21.9 Å². The Morgan fingerprint density at radius 1 is 1.06 bits per heavy atom. The van der Waals surface area contributed by atoms with Crippen molar-refractivity contribution in [2.75, 3.05) is 28.9 Å². The van der Waals surface area contributed by atoms with Gasteiger partial charge in [-0.15, -0.1) is 0 Å². The number of fused-ring (bicyclic) bond motifs is 1. The summed E-state index contributed by atoms with van der Waals surface area (Å²) in [6, 6.07) is 10.9. The van der Waals surface area contributed by atoms with Crippen LogP contribution in [-0.2, 0) is 14.8 Å². The van der Waals surface area contributed by atoms with Crippen molar-refractivity contribution in [3.8, 4) is 22.9 Å². The molecule has 2 atom stereocenters. The zero-order valence-corrected chi connectivity index (χ0v) is 29.0. The molecule has 6 rings (SSSR count). The Kier molecular flexibility index (Phi) is 9.55. The van der Waals surface area contributed by atoms with E-state index in [2.05, 4.69) is 20.0 Å². The zero-order chi connectivity index (χ0) is 35.8. The van der Waals surface area contributed by atoms with Crippen LogP contribution in [-0.4, -0.2) is 70.8 Å². The fourth-order valence-corrected chi connectivity index (χ4v) is 7.59. The largest absolute Gasteiger partial charge is 0.444 e. The number of carbonyl (C=O) groups is 1. The number of nitrogens with one attached hydrogen (secondary N) is 2. The number of aromatic nitrogens is 3. The minimum atomic E-state index is -4.30. The number of ether oxygens (including phenoxy) is 2. The van der Waals surface area contributed by atoms with Crippen LogP contribution in [0.5, 0.6) is 11.6 Å². The standard InChI is InChI=1S/C35H39F3N6O5S/c1-21-9-10-24-25(11-12-27(36)29(24)43-50(46,47)20-22-13-15-35(22,37)38)30(21)48-31-26(8-5-16-39-31)28-14-17-40-32(42-28)41-23-7-6-18-44(19-23)33(45)49-34(2,3)4/h5,8-12,14,16-17,22-23,43H,6-7,13,15,18-20H2,1-4H3,(H,40,41,42)/t22-,23-/m0/s1. The molecule has 0 radical (unpaired) electrons. The highest BCUT2D eigenvalue weighted by Crippen LogP contribution is 2.45. The lowest BCUT2D eigenvalue weighted by atomic mass is 9.82. The van der Waals surface area contributed by atoms with Crippen molar-refractivity contribution in [3.05, 3.63) is 66.2 Å². The number of anilines is 2. The molecule has 0 spiro atoms. The number of aryl methyl sites for hydroxylation is 1. The highest BCUT2D eigenvalue weighted by atomic mass is 32.2. The quantitative estimate of drug-likeness (QED) is 0.181. The van der Waals surface area contributed by atoms with E-state index in [9.17, 15) is 22.0 Å². The van der Waals surface area contributed by atoms with Gasteiger partial charge in [-0.3, -0.25) is 4.72 Å². The van der Waals surface area contributed by atoms with Crippen molar-refractivity contribution in [2.45, 2.75) is 70.9 Å². The second kappa shape index (κ2) is 13.6. The van der Waals surface area contributed by atoms with E-state index in [-0.39, 0.29) is 41.9 Å². The SMILES string of the molecule is Cc1ccc2c(NS(=O)(=O)C[C@@H]3CCC3(F)F)c(F)ccc2c1Oc1ncccc1-c1ccnc(N[C@H]2CCCN(C(=O)OC(C)(C)C)C2)n1. The summed E-state index contributed by atoms with van der Waals surface area (Å²) in [5, 5.41) is 3.90. The number of pyridine rings is 1. The number of sulfonamides is 1. The molecular weight excluding hydrogens is 673 g/mol. The van der Waals surface area contributed by atoms with Crippen LogP contribution in [0.2, 0.25) is 0 Å². The lowest BCUT2D eigenvalue weighted by molar-refractivity contribution is -0.122. The van der Waals surface area contributed by atoms with Gasteiger partial charge in [0.05, 0.1) is 22.7 Å².